The first-order valence-corrected chi connectivity index (χ1v) is 4.35. The van der Waals surface area contributed by atoms with Gasteiger partial charge in [0.1, 0.15) is 5.69 Å². The molecule has 0 amide bonds. The summed E-state index contributed by atoms with van der Waals surface area (Å²) in [7, 11) is 0. The maximum atomic E-state index is 9.23. The van der Waals surface area contributed by atoms with Gasteiger partial charge in [0.25, 0.3) is 0 Å². The number of aliphatic hydroxyl groups is 1. The highest BCUT2D eigenvalue weighted by molar-refractivity contribution is 5.06. The van der Waals surface area contributed by atoms with Crippen LogP contribution in [0.25, 0.3) is 0 Å². The van der Waals surface area contributed by atoms with Gasteiger partial charge in [0, 0.05) is 5.56 Å². The molecule has 1 atom stereocenters. The Morgan fingerprint density at radius 3 is 3.07 bits per heavy atom. The van der Waals surface area contributed by atoms with Crippen LogP contribution >= 0.6 is 0 Å². The summed E-state index contributed by atoms with van der Waals surface area (Å²) in [4.78, 5) is 0. The summed E-state index contributed by atoms with van der Waals surface area (Å²) in [5.41, 5.74) is 1.60. The molecule has 1 N–H and O–H groups in total. The Morgan fingerprint density at radius 2 is 2.50 bits per heavy atom. The molecule has 2 heterocycles. The lowest BCUT2D eigenvalue weighted by Gasteiger charge is -1.96. The van der Waals surface area contributed by atoms with E-state index >= 15 is 0 Å². The number of aliphatic hydroxyl groups excluding tert-OH is 1. The average Bonchev–Trinajstić information content (AvgIpc) is 2.75. The summed E-state index contributed by atoms with van der Waals surface area (Å²) in [5, 5.41) is 16.9. The summed E-state index contributed by atoms with van der Waals surface area (Å²) in [6, 6.07) is 1.86. The molecular weight excluding hydrogens is 182 g/mol. The Balaban J connectivity index is 2.11. The van der Waals surface area contributed by atoms with Crippen LogP contribution in [0.15, 0.2) is 29.2 Å². The van der Waals surface area contributed by atoms with E-state index in [0.29, 0.717) is 12.2 Å². The van der Waals surface area contributed by atoms with Gasteiger partial charge < -0.3 is 9.52 Å². The monoisotopic (exact) mass is 193 g/mol. The smallest absolute Gasteiger partial charge is 0.111 e. The van der Waals surface area contributed by atoms with Gasteiger partial charge in [0.2, 0.25) is 0 Å². The van der Waals surface area contributed by atoms with Crippen LogP contribution in [0.3, 0.4) is 0 Å². The third kappa shape index (κ3) is 1.82. The van der Waals surface area contributed by atoms with E-state index in [2.05, 4.69) is 10.3 Å². The van der Waals surface area contributed by atoms with E-state index in [9.17, 15) is 5.11 Å². The van der Waals surface area contributed by atoms with Crippen molar-refractivity contribution in [2.45, 2.75) is 19.6 Å². The summed E-state index contributed by atoms with van der Waals surface area (Å²) in [6.45, 7) is 2.27. The van der Waals surface area contributed by atoms with Gasteiger partial charge in [0.15, 0.2) is 0 Å². The van der Waals surface area contributed by atoms with E-state index in [1.807, 2.05) is 6.07 Å². The quantitative estimate of drug-likeness (QED) is 0.788. The fraction of sp³-hybridized carbons (Fsp3) is 0.333. The normalized spacial score (nSPS) is 13.0. The largest absolute Gasteiger partial charge is 0.472 e. The number of nitrogens with zero attached hydrogens (tertiary/aromatic N) is 3. The molecule has 0 saturated heterocycles. The molecule has 0 unspecified atom stereocenters. The predicted octanol–water partition coefficient (Wildman–Crippen LogP) is 0.973. The van der Waals surface area contributed by atoms with E-state index in [0.717, 1.165) is 5.56 Å². The standard InChI is InChI=1S/C9H11N3O2/c1-7(13)9-5-12(11-10-9)4-8-2-3-14-6-8/h2-3,5-7,13H,4H2,1H3/t7-/m0/s1. The van der Waals surface area contributed by atoms with Crippen LogP contribution in [0.5, 0.6) is 0 Å². The third-order valence-corrected chi connectivity index (χ3v) is 1.91. The van der Waals surface area contributed by atoms with Crippen molar-refractivity contribution in [3.8, 4) is 0 Å². The summed E-state index contributed by atoms with van der Waals surface area (Å²) < 4.78 is 6.59. The molecule has 0 radical (unpaired) electrons. The van der Waals surface area contributed by atoms with Crippen molar-refractivity contribution >= 4 is 0 Å². The number of aromatic nitrogens is 3. The van der Waals surface area contributed by atoms with Gasteiger partial charge in [-0.15, -0.1) is 5.10 Å². The van der Waals surface area contributed by atoms with Crippen molar-refractivity contribution in [1.29, 1.82) is 0 Å². The zero-order chi connectivity index (χ0) is 9.97. The third-order valence-electron chi connectivity index (χ3n) is 1.91. The SMILES string of the molecule is C[C@H](O)c1cn(Cc2ccoc2)nn1. The molecule has 0 saturated carbocycles. The van der Waals surface area contributed by atoms with Gasteiger partial charge in [-0.1, -0.05) is 5.21 Å². The highest BCUT2D eigenvalue weighted by atomic mass is 16.3. The molecule has 2 aromatic rings. The lowest BCUT2D eigenvalue weighted by Crippen LogP contribution is -1.98. The molecule has 5 heteroatoms. The van der Waals surface area contributed by atoms with Gasteiger partial charge in [-0.25, -0.2) is 4.68 Å². The Morgan fingerprint density at radius 1 is 1.64 bits per heavy atom. The lowest BCUT2D eigenvalue weighted by molar-refractivity contribution is 0.194. The van der Waals surface area contributed by atoms with Crippen LogP contribution in [0, 0.1) is 0 Å². The minimum atomic E-state index is -0.576. The first kappa shape index (κ1) is 8.96. The maximum absolute atomic E-state index is 9.23. The Hall–Kier alpha value is -1.62. The molecular formula is C9H11N3O2. The molecule has 5 nitrogen and oxygen atoms in total. The second kappa shape index (κ2) is 3.63. The van der Waals surface area contributed by atoms with Crippen molar-refractivity contribution in [3.63, 3.8) is 0 Å². The number of hydrogen-bond donors (Lipinski definition) is 1. The fourth-order valence-electron chi connectivity index (χ4n) is 1.15. The van der Waals surface area contributed by atoms with Crippen LogP contribution in [0.1, 0.15) is 24.3 Å². The second-order valence-corrected chi connectivity index (χ2v) is 3.15. The Bertz CT molecular complexity index is 392. The van der Waals surface area contributed by atoms with E-state index in [4.69, 9.17) is 4.42 Å². The molecule has 0 aliphatic carbocycles. The molecule has 0 aliphatic rings. The van der Waals surface area contributed by atoms with E-state index in [1.54, 1.807) is 30.3 Å². The van der Waals surface area contributed by atoms with Crippen LogP contribution in [0.2, 0.25) is 0 Å². The molecule has 0 aromatic carbocycles. The summed E-state index contributed by atoms with van der Waals surface area (Å²) in [5.74, 6) is 0. The van der Waals surface area contributed by atoms with E-state index in [1.165, 1.54) is 0 Å². The Kier molecular flexibility index (Phi) is 2.32. The first-order valence-electron chi connectivity index (χ1n) is 4.35. The van der Waals surface area contributed by atoms with Gasteiger partial charge in [0.05, 0.1) is 31.4 Å². The van der Waals surface area contributed by atoms with Crippen LogP contribution in [-0.2, 0) is 6.54 Å². The molecule has 0 spiro atoms. The molecule has 74 valence electrons. The zero-order valence-electron chi connectivity index (χ0n) is 7.79. The van der Waals surface area contributed by atoms with Crippen molar-refractivity contribution in [1.82, 2.24) is 15.0 Å². The maximum Gasteiger partial charge on any atom is 0.111 e. The zero-order valence-corrected chi connectivity index (χ0v) is 7.79. The molecule has 2 aromatic heterocycles. The molecule has 0 bridgehead atoms. The number of rotatable bonds is 3. The molecule has 0 fully saturated rings. The van der Waals surface area contributed by atoms with Gasteiger partial charge in [-0.05, 0) is 13.0 Å². The van der Waals surface area contributed by atoms with Crippen LogP contribution < -0.4 is 0 Å². The second-order valence-electron chi connectivity index (χ2n) is 3.15. The fourth-order valence-corrected chi connectivity index (χ4v) is 1.15. The highest BCUT2D eigenvalue weighted by Gasteiger charge is 2.06. The molecule has 14 heavy (non-hydrogen) atoms. The highest BCUT2D eigenvalue weighted by Crippen LogP contribution is 2.08. The van der Waals surface area contributed by atoms with Crippen molar-refractivity contribution < 1.29 is 9.52 Å². The van der Waals surface area contributed by atoms with Crippen LogP contribution in [-0.4, -0.2) is 20.1 Å². The van der Waals surface area contributed by atoms with Crippen molar-refractivity contribution in [3.05, 3.63) is 36.0 Å². The number of furan rings is 1. The summed E-state index contributed by atoms with van der Waals surface area (Å²) >= 11 is 0. The number of hydrogen-bond acceptors (Lipinski definition) is 4. The Labute approximate surface area is 81.0 Å². The van der Waals surface area contributed by atoms with Gasteiger partial charge in [-0.2, -0.15) is 0 Å². The topological polar surface area (TPSA) is 64.1 Å². The minimum Gasteiger partial charge on any atom is -0.472 e. The predicted molar refractivity (Wildman–Crippen MR) is 48.5 cm³/mol. The summed E-state index contributed by atoms with van der Waals surface area (Å²) in [6.07, 6.45) is 4.41. The lowest BCUT2D eigenvalue weighted by atomic mass is 10.3. The van der Waals surface area contributed by atoms with Crippen molar-refractivity contribution in [2.75, 3.05) is 0 Å². The van der Waals surface area contributed by atoms with Gasteiger partial charge >= 0.3 is 0 Å². The first-order chi connectivity index (χ1) is 6.75. The average molecular weight is 193 g/mol. The van der Waals surface area contributed by atoms with E-state index < -0.39 is 6.10 Å². The molecule has 0 aliphatic heterocycles. The van der Waals surface area contributed by atoms with Crippen molar-refractivity contribution in [2.24, 2.45) is 0 Å². The van der Waals surface area contributed by atoms with E-state index in [-0.39, 0.29) is 0 Å². The van der Waals surface area contributed by atoms with Crippen LogP contribution in [0.4, 0.5) is 0 Å². The molecule has 2 rings (SSSR count). The minimum absolute atomic E-state index is 0.576. The van der Waals surface area contributed by atoms with Gasteiger partial charge in [-0.3, -0.25) is 0 Å².